The van der Waals surface area contributed by atoms with E-state index in [0.717, 1.165) is 29.8 Å². The van der Waals surface area contributed by atoms with Crippen LogP contribution in [0.1, 0.15) is 25.3 Å². The summed E-state index contributed by atoms with van der Waals surface area (Å²) in [4.78, 5) is 13.8. The number of hydrogen-bond donors (Lipinski definition) is 2. The van der Waals surface area contributed by atoms with Gasteiger partial charge in [0.1, 0.15) is 5.75 Å². The number of carbonyl (C=O) groups is 1. The van der Waals surface area contributed by atoms with Crippen molar-refractivity contribution < 1.29 is 14.6 Å². The summed E-state index contributed by atoms with van der Waals surface area (Å²) in [6.45, 7) is 5.59. The number of urea groups is 1. The van der Waals surface area contributed by atoms with Crippen molar-refractivity contribution in [2.45, 2.75) is 32.8 Å². The minimum absolute atomic E-state index is 0.156. The molecule has 0 unspecified atom stereocenters. The van der Waals surface area contributed by atoms with Crippen LogP contribution < -0.4 is 10.1 Å². The lowest BCUT2D eigenvalue weighted by atomic mass is 10.1. The topological polar surface area (TPSA) is 61.8 Å². The Morgan fingerprint density at radius 2 is 2.35 bits per heavy atom. The van der Waals surface area contributed by atoms with Gasteiger partial charge in [0, 0.05) is 18.8 Å². The third-order valence-corrected chi connectivity index (χ3v) is 3.43. The number of aliphatic hydroxyl groups excluding tert-OH is 1. The SMILES string of the molecule is CCOc1ccc(NC(=O)N2CCC[C@H](O)C2)c(C)c1. The van der Waals surface area contributed by atoms with Gasteiger partial charge in [-0.3, -0.25) is 0 Å². The highest BCUT2D eigenvalue weighted by atomic mass is 16.5. The molecule has 1 fully saturated rings. The quantitative estimate of drug-likeness (QED) is 0.892. The molecule has 2 rings (SSSR count). The monoisotopic (exact) mass is 278 g/mol. The van der Waals surface area contributed by atoms with Crippen LogP contribution in [0, 0.1) is 6.92 Å². The Morgan fingerprint density at radius 3 is 3.00 bits per heavy atom. The number of amides is 2. The van der Waals surface area contributed by atoms with Crippen LogP contribution in [0.3, 0.4) is 0 Å². The zero-order valence-electron chi connectivity index (χ0n) is 12.1. The Bertz CT molecular complexity index is 476. The highest BCUT2D eigenvalue weighted by molar-refractivity contribution is 5.90. The van der Waals surface area contributed by atoms with E-state index in [1.54, 1.807) is 4.90 Å². The van der Waals surface area contributed by atoms with Crippen LogP contribution in [-0.4, -0.2) is 41.8 Å². The number of ether oxygens (including phenoxy) is 1. The molecular weight excluding hydrogens is 256 g/mol. The molecule has 0 spiro atoms. The van der Waals surface area contributed by atoms with Crippen molar-refractivity contribution in [3.63, 3.8) is 0 Å². The maximum Gasteiger partial charge on any atom is 0.321 e. The summed E-state index contributed by atoms with van der Waals surface area (Å²) in [5.74, 6) is 0.802. The van der Waals surface area contributed by atoms with Gasteiger partial charge in [-0.2, -0.15) is 0 Å². The number of nitrogens with zero attached hydrogens (tertiary/aromatic N) is 1. The summed E-state index contributed by atoms with van der Waals surface area (Å²) in [6.07, 6.45) is 1.21. The fourth-order valence-electron chi connectivity index (χ4n) is 2.37. The van der Waals surface area contributed by atoms with Gasteiger partial charge in [-0.05, 0) is 50.5 Å². The summed E-state index contributed by atoms with van der Waals surface area (Å²) in [5, 5.41) is 12.5. The van der Waals surface area contributed by atoms with E-state index in [-0.39, 0.29) is 6.03 Å². The highest BCUT2D eigenvalue weighted by Gasteiger charge is 2.22. The van der Waals surface area contributed by atoms with Crippen molar-refractivity contribution in [1.82, 2.24) is 4.90 Å². The number of hydrogen-bond acceptors (Lipinski definition) is 3. The molecule has 1 atom stereocenters. The average molecular weight is 278 g/mol. The first-order chi connectivity index (χ1) is 9.60. The molecular formula is C15H22N2O3. The van der Waals surface area contributed by atoms with Gasteiger partial charge >= 0.3 is 6.03 Å². The maximum atomic E-state index is 12.1. The molecule has 110 valence electrons. The van der Waals surface area contributed by atoms with Crippen LogP contribution >= 0.6 is 0 Å². The first-order valence-electron chi connectivity index (χ1n) is 7.07. The van der Waals surface area contributed by atoms with Gasteiger partial charge < -0.3 is 20.1 Å². The van der Waals surface area contributed by atoms with E-state index in [1.165, 1.54) is 0 Å². The maximum absolute atomic E-state index is 12.1. The summed E-state index contributed by atoms with van der Waals surface area (Å²) in [5.41, 5.74) is 1.74. The third kappa shape index (κ3) is 3.63. The minimum atomic E-state index is -0.407. The molecule has 5 heteroatoms. The number of carbonyl (C=O) groups excluding carboxylic acids is 1. The van der Waals surface area contributed by atoms with E-state index in [2.05, 4.69) is 5.32 Å². The van der Waals surface area contributed by atoms with Crippen molar-refractivity contribution >= 4 is 11.7 Å². The molecule has 0 saturated carbocycles. The molecule has 1 aromatic carbocycles. The molecule has 0 aromatic heterocycles. The van der Waals surface area contributed by atoms with Gasteiger partial charge in [0.05, 0.1) is 12.7 Å². The molecule has 2 N–H and O–H groups in total. The molecule has 5 nitrogen and oxygen atoms in total. The number of anilines is 1. The Kier molecular flexibility index (Phi) is 4.84. The van der Waals surface area contributed by atoms with E-state index in [4.69, 9.17) is 4.74 Å². The molecule has 0 radical (unpaired) electrons. The van der Waals surface area contributed by atoms with Crippen molar-refractivity contribution in [1.29, 1.82) is 0 Å². The Morgan fingerprint density at radius 1 is 1.55 bits per heavy atom. The third-order valence-electron chi connectivity index (χ3n) is 3.43. The predicted octanol–water partition coefficient (Wildman–Crippen LogP) is 2.38. The molecule has 1 saturated heterocycles. The number of benzene rings is 1. The van der Waals surface area contributed by atoms with Crippen molar-refractivity contribution in [2.24, 2.45) is 0 Å². The van der Waals surface area contributed by atoms with Crippen molar-refractivity contribution in [3.8, 4) is 5.75 Å². The number of nitrogens with one attached hydrogen (secondary N) is 1. The number of piperidine rings is 1. The van der Waals surface area contributed by atoms with Gasteiger partial charge in [0.2, 0.25) is 0 Å². The van der Waals surface area contributed by atoms with Crippen molar-refractivity contribution in [2.75, 3.05) is 25.0 Å². The smallest absolute Gasteiger partial charge is 0.321 e. The van der Waals surface area contributed by atoms with Crippen LogP contribution in [0.4, 0.5) is 10.5 Å². The van der Waals surface area contributed by atoms with E-state index in [9.17, 15) is 9.90 Å². The largest absolute Gasteiger partial charge is 0.494 e. The molecule has 0 bridgehead atoms. The van der Waals surface area contributed by atoms with Crippen molar-refractivity contribution in [3.05, 3.63) is 23.8 Å². The number of rotatable bonds is 3. The molecule has 1 aliphatic rings. The second-order valence-corrected chi connectivity index (χ2v) is 5.08. The van der Waals surface area contributed by atoms with E-state index in [1.807, 2.05) is 32.0 Å². The highest BCUT2D eigenvalue weighted by Crippen LogP contribution is 2.22. The molecule has 1 heterocycles. The molecule has 2 amide bonds. The lowest BCUT2D eigenvalue weighted by molar-refractivity contribution is 0.0883. The van der Waals surface area contributed by atoms with Gasteiger partial charge in [-0.25, -0.2) is 4.79 Å². The Balaban J connectivity index is 2.00. The number of likely N-dealkylation sites (tertiary alicyclic amines) is 1. The Labute approximate surface area is 119 Å². The van der Waals surface area contributed by atoms with Gasteiger partial charge in [0.25, 0.3) is 0 Å². The average Bonchev–Trinajstić information content (AvgIpc) is 2.42. The van der Waals surface area contributed by atoms with E-state index in [0.29, 0.717) is 19.7 Å². The van der Waals surface area contributed by atoms with Gasteiger partial charge in [-0.15, -0.1) is 0 Å². The zero-order chi connectivity index (χ0) is 14.5. The van der Waals surface area contributed by atoms with E-state index >= 15 is 0 Å². The fourth-order valence-corrected chi connectivity index (χ4v) is 2.37. The molecule has 0 aliphatic carbocycles. The molecule has 1 aromatic rings. The first kappa shape index (κ1) is 14.7. The number of β-amino-alcohol motifs (C(OH)–C–C–N with tert-alkyl or cyclic N) is 1. The Hall–Kier alpha value is -1.75. The first-order valence-corrected chi connectivity index (χ1v) is 7.07. The van der Waals surface area contributed by atoms with Crippen LogP contribution in [0.5, 0.6) is 5.75 Å². The van der Waals surface area contributed by atoms with E-state index < -0.39 is 6.10 Å². The summed E-state index contributed by atoms with van der Waals surface area (Å²) in [6, 6.07) is 5.44. The second kappa shape index (κ2) is 6.61. The van der Waals surface area contributed by atoms with Crippen LogP contribution in [-0.2, 0) is 0 Å². The van der Waals surface area contributed by atoms with Crippen LogP contribution in [0.25, 0.3) is 0 Å². The minimum Gasteiger partial charge on any atom is -0.494 e. The van der Waals surface area contributed by atoms with Gasteiger partial charge in [0.15, 0.2) is 0 Å². The standard InChI is InChI=1S/C15H22N2O3/c1-3-20-13-6-7-14(11(2)9-13)16-15(19)17-8-4-5-12(18)10-17/h6-7,9,12,18H,3-5,8,10H2,1-2H3,(H,16,19)/t12-/m0/s1. The van der Waals surface area contributed by atoms with Gasteiger partial charge in [-0.1, -0.05) is 0 Å². The van der Waals surface area contributed by atoms with Crippen LogP contribution in [0.15, 0.2) is 18.2 Å². The summed E-state index contributed by atoms with van der Waals surface area (Å²) in [7, 11) is 0. The number of aryl methyl sites for hydroxylation is 1. The second-order valence-electron chi connectivity index (χ2n) is 5.08. The lowest BCUT2D eigenvalue weighted by Crippen LogP contribution is -2.44. The molecule has 20 heavy (non-hydrogen) atoms. The fraction of sp³-hybridized carbons (Fsp3) is 0.533. The summed E-state index contributed by atoms with van der Waals surface area (Å²) < 4.78 is 5.42. The molecule has 1 aliphatic heterocycles. The summed E-state index contributed by atoms with van der Waals surface area (Å²) >= 11 is 0. The predicted molar refractivity (Wildman–Crippen MR) is 78.2 cm³/mol. The normalized spacial score (nSPS) is 18.8. The van der Waals surface area contributed by atoms with Crippen LogP contribution in [0.2, 0.25) is 0 Å². The number of aliphatic hydroxyl groups is 1. The zero-order valence-corrected chi connectivity index (χ0v) is 12.1. The lowest BCUT2D eigenvalue weighted by Gasteiger charge is -2.30.